The molecule has 3 heterocycles. The Labute approximate surface area is 197 Å². The van der Waals surface area contributed by atoms with Gasteiger partial charge in [0.05, 0.1) is 25.0 Å². The van der Waals surface area contributed by atoms with E-state index in [1.54, 1.807) is 7.11 Å². The second-order valence-electron chi connectivity index (χ2n) is 9.56. The number of ether oxygens (including phenoxy) is 2. The zero-order valence-electron chi connectivity index (χ0n) is 19.8. The summed E-state index contributed by atoms with van der Waals surface area (Å²) in [4.78, 5) is 19.7. The average Bonchev–Trinajstić information content (AvgIpc) is 2.88. The number of carbonyl (C=O) groups excluding carboxylic acids is 1. The fraction of sp³-hybridized carbons (Fsp3) is 0.720. The molecule has 184 valence electrons. The third-order valence-corrected chi connectivity index (χ3v) is 7.47. The number of aliphatic hydroxyl groups is 2. The van der Waals surface area contributed by atoms with Gasteiger partial charge in [-0.05, 0) is 63.2 Å². The molecule has 1 amide bonds. The molecular weight excluding hydrogens is 422 g/mol. The number of aliphatic hydroxyl groups excluding tert-OH is 2. The number of piperazine rings is 1. The lowest BCUT2D eigenvalue weighted by atomic mass is 9.96. The molecule has 3 atom stereocenters. The summed E-state index contributed by atoms with van der Waals surface area (Å²) in [5, 5.41) is 19.8. The monoisotopic (exact) mass is 461 g/mol. The van der Waals surface area contributed by atoms with Crippen LogP contribution in [0.25, 0.3) is 0 Å². The Balaban J connectivity index is 1.26. The average molecular weight is 462 g/mol. The number of rotatable bonds is 7. The van der Waals surface area contributed by atoms with Gasteiger partial charge < -0.3 is 34.4 Å². The molecule has 8 nitrogen and oxygen atoms in total. The minimum Gasteiger partial charge on any atom is -0.495 e. The molecule has 8 heteroatoms. The molecule has 0 bridgehead atoms. The Morgan fingerprint density at radius 3 is 2.48 bits per heavy atom. The van der Waals surface area contributed by atoms with Crippen LogP contribution in [0.15, 0.2) is 24.3 Å². The van der Waals surface area contributed by atoms with Crippen LogP contribution in [-0.4, -0.2) is 104 Å². The molecule has 0 saturated carbocycles. The molecule has 0 aliphatic carbocycles. The highest BCUT2D eigenvalue weighted by molar-refractivity contribution is 5.82. The van der Waals surface area contributed by atoms with Crippen molar-refractivity contribution in [3.8, 4) is 5.75 Å². The van der Waals surface area contributed by atoms with Crippen LogP contribution in [0.5, 0.6) is 5.75 Å². The number of methoxy groups -OCH3 is 1. The summed E-state index contributed by atoms with van der Waals surface area (Å²) in [6.45, 7) is 5.91. The third-order valence-electron chi connectivity index (χ3n) is 7.47. The van der Waals surface area contributed by atoms with Crippen LogP contribution < -0.4 is 9.64 Å². The summed E-state index contributed by atoms with van der Waals surface area (Å²) < 4.78 is 11.6. The molecule has 0 spiro atoms. The van der Waals surface area contributed by atoms with Crippen molar-refractivity contribution in [3.05, 3.63) is 24.3 Å². The minimum atomic E-state index is -0.762. The van der Waals surface area contributed by atoms with Crippen molar-refractivity contribution in [2.24, 2.45) is 5.92 Å². The van der Waals surface area contributed by atoms with Crippen LogP contribution in [-0.2, 0) is 9.53 Å². The first-order valence-electron chi connectivity index (χ1n) is 12.4. The second-order valence-corrected chi connectivity index (χ2v) is 9.56. The lowest BCUT2D eigenvalue weighted by Crippen LogP contribution is -2.56. The molecule has 1 aromatic carbocycles. The van der Waals surface area contributed by atoms with E-state index in [9.17, 15) is 15.0 Å². The van der Waals surface area contributed by atoms with Crippen LogP contribution in [0.3, 0.4) is 0 Å². The fourth-order valence-corrected chi connectivity index (χ4v) is 5.27. The van der Waals surface area contributed by atoms with Crippen LogP contribution in [0, 0.1) is 5.92 Å². The van der Waals surface area contributed by atoms with Gasteiger partial charge in [0.1, 0.15) is 5.75 Å². The van der Waals surface area contributed by atoms with Gasteiger partial charge in [-0.25, -0.2) is 0 Å². The van der Waals surface area contributed by atoms with E-state index < -0.39 is 12.2 Å². The minimum absolute atomic E-state index is 0.00721. The van der Waals surface area contributed by atoms with Crippen molar-refractivity contribution in [1.82, 2.24) is 9.80 Å². The maximum Gasteiger partial charge on any atom is 0.254 e. The molecule has 33 heavy (non-hydrogen) atoms. The van der Waals surface area contributed by atoms with E-state index in [4.69, 9.17) is 9.47 Å². The normalized spacial score (nSPS) is 27.5. The second kappa shape index (κ2) is 11.5. The highest BCUT2D eigenvalue weighted by atomic mass is 16.5. The van der Waals surface area contributed by atoms with E-state index in [-0.39, 0.29) is 18.6 Å². The van der Waals surface area contributed by atoms with Gasteiger partial charge in [-0.15, -0.1) is 0 Å². The molecule has 3 saturated heterocycles. The number of likely N-dealkylation sites (tertiary alicyclic amines) is 1. The van der Waals surface area contributed by atoms with Gasteiger partial charge in [-0.3, -0.25) is 4.79 Å². The molecule has 3 unspecified atom stereocenters. The number of hydrogen-bond donors (Lipinski definition) is 2. The van der Waals surface area contributed by atoms with Gasteiger partial charge in [0.25, 0.3) is 5.91 Å². The van der Waals surface area contributed by atoms with Crippen LogP contribution in [0.2, 0.25) is 0 Å². The van der Waals surface area contributed by atoms with Crippen molar-refractivity contribution < 1.29 is 24.5 Å². The van der Waals surface area contributed by atoms with Gasteiger partial charge in [-0.1, -0.05) is 12.1 Å². The molecule has 0 radical (unpaired) electrons. The first-order chi connectivity index (χ1) is 16.1. The predicted molar refractivity (Wildman–Crippen MR) is 127 cm³/mol. The van der Waals surface area contributed by atoms with Gasteiger partial charge in [0.2, 0.25) is 0 Å². The maximum absolute atomic E-state index is 13.2. The van der Waals surface area contributed by atoms with Gasteiger partial charge in [0, 0.05) is 39.3 Å². The lowest BCUT2D eigenvalue weighted by molar-refractivity contribution is -0.168. The quantitative estimate of drug-likeness (QED) is 0.634. The molecule has 3 aliphatic heterocycles. The fourth-order valence-electron chi connectivity index (χ4n) is 5.27. The number of benzene rings is 1. The number of piperidine rings is 1. The zero-order chi connectivity index (χ0) is 23.2. The van der Waals surface area contributed by atoms with Crippen LogP contribution in [0.4, 0.5) is 5.69 Å². The highest BCUT2D eigenvalue weighted by Gasteiger charge is 2.38. The summed E-state index contributed by atoms with van der Waals surface area (Å²) in [7, 11) is 1.67. The van der Waals surface area contributed by atoms with Gasteiger partial charge in [-0.2, -0.15) is 0 Å². The van der Waals surface area contributed by atoms with Crippen molar-refractivity contribution in [3.63, 3.8) is 0 Å². The van der Waals surface area contributed by atoms with Crippen LogP contribution >= 0.6 is 0 Å². The van der Waals surface area contributed by atoms with E-state index in [1.165, 1.54) is 0 Å². The number of anilines is 1. The van der Waals surface area contributed by atoms with Crippen molar-refractivity contribution >= 4 is 11.6 Å². The topological polar surface area (TPSA) is 85.7 Å². The summed E-state index contributed by atoms with van der Waals surface area (Å²) in [6, 6.07) is 7.95. The Bertz CT molecular complexity index is 762. The highest BCUT2D eigenvalue weighted by Crippen LogP contribution is 2.29. The maximum atomic E-state index is 13.2. The van der Waals surface area contributed by atoms with Crippen molar-refractivity contribution in [2.75, 3.05) is 64.4 Å². The zero-order valence-corrected chi connectivity index (χ0v) is 19.8. The first-order valence-corrected chi connectivity index (χ1v) is 12.4. The molecule has 3 aliphatic rings. The predicted octanol–water partition coefficient (Wildman–Crippen LogP) is 1.35. The van der Waals surface area contributed by atoms with Crippen LogP contribution in [0.1, 0.15) is 32.1 Å². The molecular formula is C25H39N3O5. The van der Waals surface area contributed by atoms with E-state index in [1.807, 2.05) is 29.2 Å². The molecule has 3 fully saturated rings. The Morgan fingerprint density at radius 1 is 1.06 bits per heavy atom. The van der Waals surface area contributed by atoms with E-state index in [0.717, 1.165) is 69.8 Å². The Kier molecular flexibility index (Phi) is 8.46. The SMILES string of the molecule is COc1ccccc1N1CCN(C(=O)C2OC(CCN3CCC(CO)CC3)CCC2O)CC1. The summed E-state index contributed by atoms with van der Waals surface area (Å²) in [6.07, 6.45) is 2.87. The molecule has 2 N–H and O–H groups in total. The summed E-state index contributed by atoms with van der Waals surface area (Å²) in [5.74, 6) is 1.19. The standard InChI is InChI=1S/C25H39N3O5/c1-32-23-5-3-2-4-21(23)27-14-16-28(17-15-27)25(31)24-22(30)7-6-20(33-24)10-13-26-11-8-19(18-29)9-12-26/h2-5,19-20,22,24,29-30H,6-18H2,1H3. The number of hydrogen-bond acceptors (Lipinski definition) is 7. The van der Waals surface area contributed by atoms with Gasteiger partial charge >= 0.3 is 0 Å². The summed E-state index contributed by atoms with van der Waals surface area (Å²) in [5.41, 5.74) is 1.05. The number of carbonyl (C=O) groups is 1. The largest absolute Gasteiger partial charge is 0.495 e. The third kappa shape index (κ3) is 5.98. The smallest absolute Gasteiger partial charge is 0.254 e. The lowest BCUT2D eigenvalue weighted by Gasteiger charge is -2.41. The van der Waals surface area contributed by atoms with E-state index >= 15 is 0 Å². The Hall–Kier alpha value is -1.87. The number of nitrogens with zero attached hydrogens (tertiary/aromatic N) is 3. The van der Waals surface area contributed by atoms with Gasteiger partial charge in [0.15, 0.2) is 6.10 Å². The van der Waals surface area contributed by atoms with E-state index in [2.05, 4.69) is 9.80 Å². The molecule has 1 aromatic rings. The van der Waals surface area contributed by atoms with E-state index in [0.29, 0.717) is 25.4 Å². The van der Waals surface area contributed by atoms with Crippen molar-refractivity contribution in [1.29, 1.82) is 0 Å². The first kappa shape index (κ1) is 24.3. The molecule has 0 aromatic heterocycles. The number of para-hydroxylation sites is 2. The van der Waals surface area contributed by atoms with Crippen molar-refractivity contribution in [2.45, 2.75) is 50.4 Å². The molecule has 4 rings (SSSR count). The number of amides is 1. The summed E-state index contributed by atoms with van der Waals surface area (Å²) >= 11 is 0. The Morgan fingerprint density at radius 2 is 1.79 bits per heavy atom.